The third-order valence-corrected chi connectivity index (χ3v) is 3.09. The maximum Gasteiger partial charge on any atom is 0.315 e. The predicted octanol–water partition coefficient (Wildman–Crippen LogP) is 1.56. The van der Waals surface area contributed by atoms with E-state index in [4.69, 9.17) is 10.2 Å². The minimum atomic E-state index is 0.481. The summed E-state index contributed by atoms with van der Waals surface area (Å²) in [5, 5.41) is 11.2. The van der Waals surface area contributed by atoms with Gasteiger partial charge in [-0.2, -0.15) is 0 Å². The van der Waals surface area contributed by atoms with E-state index in [1.165, 1.54) is 25.7 Å². The summed E-state index contributed by atoms with van der Waals surface area (Å²) in [6, 6.07) is 1.03. The van der Waals surface area contributed by atoms with Crippen LogP contribution in [0.15, 0.2) is 4.42 Å². The van der Waals surface area contributed by atoms with Crippen LogP contribution in [0.3, 0.4) is 0 Å². The normalized spacial score (nSPS) is 25.6. The number of nitrogens with zero attached hydrogens (tertiary/aromatic N) is 2. The van der Waals surface area contributed by atoms with Crippen LogP contribution < -0.4 is 11.1 Å². The van der Waals surface area contributed by atoms with E-state index in [1.807, 2.05) is 0 Å². The molecule has 0 radical (unpaired) electrons. The summed E-state index contributed by atoms with van der Waals surface area (Å²) in [6.07, 6.45) is 5.65. The Morgan fingerprint density at radius 1 is 1.44 bits per heavy atom. The Morgan fingerprint density at radius 3 is 3.06 bits per heavy atom. The minimum absolute atomic E-state index is 0.481. The van der Waals surface area contributed by atoms with E-state index in [9.17, 15) is 0 Å². The van der Waals surface area contributed by atoms with Crippen LogP contribution in [0.5, 0.6) is 0 Å². The topological polar surface area (TPSA) is 77.0 Å². The van der Waals surface area contributed by atoms with Gasteiger partial charge in [-0.1, -0.05) is 24.9 Å². The number of nitrogens with one attached hydrogen (secondary N) is 1. The van der Waals surface area contributed by atoms with E-state index < -0.39 is 0 Å². The average molecular weight is 224 g/mol. The van der Waals surface area contributed by atoms with Gasteiger partial charge < -0.3 is 15.5 Å². The van der Waals surface area contributed by atoms with Crippen molar-refractivity contribution >= 4 is 6.01 Å². The van der Waals surface area contributed by atoms with E-state index in [1.54, 1.807) is 0 Å². The van der Waals surface area contributed by atoms with Gasteiger partial charge >= 0.3 is 6.01 Å². The molecule has 0 spiro atoms. The van der Waals surface area contributed by atoms with Crippen molar-refractivity contribution in [2.24, 2.45) is 11.7 Å². The molecule has 2 rings (SSSR count). The highest BCUT2D eigenvalue weighted by molar-refractivity contribution is 5.19. The Bertz CT molecular complexity index is 326. The highest BCUT2D eigenvalue weighted by Gasteiger charge is 2.20. The first-order chi connectivity index (χ1) is 7.78. The molecule has 0 saturated heterocycles. The molecule has 5 heteroatoms. The molecule has 1 heterocycles. The summed E-state index contributed by atoms with van der Waals surface area (Å²) in [5.41, 5.74) is 5.42. The first-order valence-corrected chi connectivity index (χ1v) is 6.07. The fourth-order valence-corrected chi connectivity index (χ4v) is 2.28. The number of nitrogens with two attached hydrogens (primary N) is 1. The smallest absolute Gasteiger partial charge is 0.315 e. The van der Waals surface area contributed by atoms with Crippen LogP contribution in [0.2, 0.25) is 0 Å². The molecule has 1 aliphatic carbocycles. The van der Waals surface area contributed by atoms with Crippen LogP contribution in [0.25, 0.3) is 0 Å². The molecule has 90 valence electrons. The number of aromatic nitrogens is 2. The fraction of sp³-hybridized carbons (Fsp3) is 0.818. The van der Waals surface area contributed by atoms with Crippen molar-refractivity contribution in [2.45, 2.75) is 45.1 Å². The molecule has 0 amide bonds. The van der Waals surface area contributed by atoms with Gasteiger partial charge in [0, 0.05) is 19.0 Å². The largest absolute Gasteiger partial charge is 0.408 e. The van der Waals surface area contributed by atoms with Gasteiger partial charge in [0.2, 0.25) is 5.89 Å². The molecule has 0 bridgehead atoms. The van der Waals surface area contributed by atoms with E-state index in [2.05, 4.69) is 22.4 Å². The summed E-state index contributed by atoms with van der Waals surface area (Å²) in [7, 11) is 0. The Labute approximate surface area is 95.8 Å². The molecule has 1 fully saturated rings. The molecule has 1 saturated carbocycles. The lowest BCUT2D eigenvalue weighted by Crippen LogP contribution is -2.26. The maximum atomic E-state index is 5.45. The second-order valence-electron chi connectivity index (χ2n) is 4.65. The first-order valence-electron chi connectivity index (χ1n) is 6.07. The van der Waals surface area contributed by atoms with Gasteiger partial charge in [0.1, 0.15) is 0 Å². The predicted molar refractivity (Wildman–Crippen MR) is 62.1 cm³/mol. The van der Waals surface area contributed by atoms with Crippen LogP contribution in [0, 0.1) is 5.92 Å². The number of anilines is 1. The van der Waals surface area contributed by atoms with E-state index in [0.29, 0.717) is 30.9 Å². The van der Waals surface area contributed by atoms with Crippen molar-refractivity contribution in [1.29, 1.82) is 0 Å². The van der Waals surface area contributed by atoms with E-state index in [0.717, 1.165) is 5.92 Å². The van der Waals surface area contributed by atoms with Gasteiger partial charge in [-0.15, -0.1) is 5.10 Å². The molecule has 2 atom stereocenters. The minimum Gasteiger partial charge on any atom is -0.408 e. The number of hydrogen-bond donors (Lipinski definition) is 2. The average Bonchev–Trinajstić information content (AvgIpc) is 2.66. The zero-order valence-corrected chi connectivity index (χ0v) is 9.78. The third-order valence-electron chi connectivity index (χ3n) is 3.09. The molecule has 1 aliphatic rings. The van der Waals surface area contributed by atoms with Crippen molar-refractivity contribution in [1.82, 2.24) is 10.2 Å². The molecular weight excluding hydrogens is 204 g/mol. The summed E-state index contributed by atoms with van der Waals surface area (Å²) < 4.78 is 5.45. The zero-order valence-electron chi connectivity index (χ0n) is 9.78. The Balaban J connectivity index is 1.87. The van der Waals surface area contributed by atoms with Crippen LogP contribution >= 0.6 is 0 Å². The summed E-state index contributed by atoms with van der Waals surface area (Å²) in [4.78, 5) is 0. The van der Waals surface area contributed by atoms with Crippen molar-refractivity contribution in [3.05, 3.63) is 5.89 Å². The van der Waals surface area contributed by atoms with Gasteiger partial charge in [-0.25, -0.2) is 0 Å². The molecule has 1 aromatic rings. The van der Waals surface area contributed by atoms with Crippen molar-refractivity contribution in [2.75, 3.05) is 11.9 Å². The lowest BCUT2D eigenvalue weighted by atomic mass is 9.87. The third kappa shape index (κ3) is 2.95. The quantitative estimate of drug-likeness (QED) is 0.811. The van der Waals surface area contributed by atoms with Crippen LogP contribution in [0.1, 0.15) is 38.5 Å². The summed E-state index contributed by atoms with van der Waals surface area (Å²) >= 11 is 0. The van der Waals surface area contributed by atoms with Crippen molar-refractivity contribution < 1.29 is 4.42 Å². The SMILES string of the molecule is CC1CCCC(Nc2nnc(CCN)o2)C1. The second kappa shape index (κ2) is 5.30. The molecule has 0 aromatic carbocycles. The highest BCUT2D eigenvalue weighted by atomic mass is 16.4. The maximum absolute atomic E-state index is 5.45. The Morgan fingerprint density at radius 2 is 2.31 bits per heavy atom. The van der Waals surface area contributed by atoms with Gasteiger partial charge in [0.05, 0.1) is 0 Å². The van der Waals surface area contributed by atoms with Crippen LogP contribution in [-0.4, -0.2) is 22.8 Å². The van der Waals surface area contributed by atoms with Crippen LogP contribution in [-0.2, 0) is 6.42 Å². The van der Waals surface area contributed by atoms with Gasteiger partial charge in [0.15, 0.2) is 0 Å². The molecule has 2 unspecified atom stereocenters. The molecule has 0 aliphatic heterocycles. The fourth-order valence-electron chi connectivity index (χ4n) is 2.28. The highest BCUT2D eigenvalue weighted by Crippen LogP contribution is 2.25. The first kappa shape index (κ1) is 11.4. The second-order valence-corrected chi connectivity index (χ2v) is 4.65. The lowest BCUT2D eigenvalue weighted by Gasteiger charge is -2.26. The lowest BCUT2D eigenvalue weighted by molar-refractivity contribution is 0.352. The van der Waals surface area contributed by atoms with Crippen molar-refractivity contribution in [3.8, 4) is 0 Å². The van der Waals surface area contributed by atoms with E-state index >= 15 is 0 Å². The molecular formula is C11H20N4O. The van der Waals surface area contributed by atoms with Gasteiger partial charge in [-0.05, 0) is 18.8 Å². The van der Waals surface area contributed by atoms with Crippen LogP contribution in [0.4, 0.5) is 6.01 Å². The molecule has 3 N–H and O–H groups in total. The molecule has 16 heavy (non-hydrogen) atoms. The monoisotopic (exact) mass is 224 g/mol. The molecule has 5 nitrogen and oxygen atoms in total. The van der Waals surface area contributed by atoms with Gasteiger partial charge in [0.25, 0.3) is 0 Å². The number of hydrogen-bond acceptors (Lipinski definition) is 5. The zero-order chi connectivity index (χ0) is 11.4. The van der Waals surface area contributed by atoms with Gasteiger partial charge in [-0.3, -0.25) is 0 Å². The summed E-state index contributed by atoms with van der Waals surface area (Å²) in [5.74, 6) is 1.41. The van der Waals surface area contributed by atoms with Crippen molar-refractivity contribution in [3.63, 3.8) is 0 Å². The van der Waals surface area contributed by atoms with E-state index in [-0.39, 0.29) is 0 Å². The summed E-state index contributed by atoms with van der Waals surface area (Å²) in [6.45, 7) is 2.84. The Hall–Kier alpha value is -1.10. The standard InChI is InChI=1S/C11H20N4O/c1-8-3-2-4-9(7-8)13-11-15-14-10(16-11)5-6-12/h8-9H,2-7,12H2,1H3,(H,13,15). The molecule has 1 aromatic heterocycles. The Kier molecular flexibility index (Phi) is 3.77. The number of rotatable bonds is 4.